The fraction of sp³-hybridized carbons (Fsp3) is 0.389. The molecule has 2 aromatic carbocycles. The van der Waals surface area contributed by atoms with Gasteiger partial charge in [-0.05, 0) is 25.0 Å². The van der Waals surface area contributed by atoms with Gasteiger partial charge in [0.05, 0.1) is 4.90 Å². The van der Waals surface area contributed by atoms with Gasteiger partial charge < -0.3 is 11.1 Å². The Labute approximate surface area is 161 Å². The van der Waals surface area contributed by atoms with E-state index in [9.17, 15) is 13.2 Å². The molecule has 0 saturated heterocycles. The lowest BCUT2D eigenvalue weighted by Crippen LogP contribution is -2.52. The van der Waals surface area contributed by atoms with Crippen LogP contribution in [0, 0.1) is 0 Å². The van der Waals surface area contributed by atoms with Gasteiger partial charge in [0.1, 0.15) is 0 Å². The molecule has 0 heterocycles. The summed E-state index contributed by atoms with van der Waals surface area (Å²) in [6, 6.07) is 10.2. The molecule has 0 radical (unpaired) electrons. The van der Waals surface area contributed by atoms with Crippen molar-refractivity contribution in [3.05, 3.63) is 36.4 Å². The van der Waals surface area contributed by atoms with Crippen molar-refractivity contribution < 1.29 is 13.2 Å². The van der Waals surface area contributed by atoms with Crippen molar-refractivity contribution in [2.24, 2.45) is 5.73 Å². The molecule has 0 aliphatic heterocycles. The van der Waals surface area contributed by atoms with E-state index in [-0.39, 0.29) is 29.8 Å². The molecule has 4 N–H and O–H groups in total. The zero-order valence-corrected chi connectivity index (χ0v) is 16.8. The topological polar surface area (TPSA) is 101 Å². The zero-order valence-electron chi connectivity index (χ0n) is 15.2. The van der Waals surface area contributed by atoms with Crippen LogP contribution < -0.4 is 15.8 Å². The number of anilines is 1. The predicted molar refractivity (Wildman–Crippen MR) is 108 cm³/mol. The van der Waals surface area contributed by atoms with Crippen molar-refractivity contribution in [1.29, 1.82) is 0 Å². The van der Waals surface area contributed by atoms with Gasteiger partial charge in [-0.25, -0.2) is 13.1 Å². The lowest BCUT2D eigenvalue weighted by molar-refractivity contribution is -0.114. The molecule has 0 spiro atoms. The summed E-state index contributed by atoms with van der Waals surface area (Å²) in [6.45, 7) is 5.47. The normalized spacial score (nSPS) is 11.8. The van der Waals surface area contributed by atoms with Crippen LogP contribution in [0.2, 0.25) is 0 Å². The van der Waals surface area contributed by atoms with Crippen LogP contribution in [0.3, 0.4) is 0 Å². The Morgan fingerprint density at radius 2 is 1.65 bits per heavy atom. The van der Waals surface area contributed by atoms with Gasteiger partial charge in [-0.1, -0.05) is 38.1 Å². The van der Waals surface area contributed by atoms with Crippen LogP contribution in [0.1, 0.15) is 33.6 Å². The van der Waals surface area contributed by atoms with Gasteiger partial charge in [-0.15, -0.1) is 12.4 Å². The summed E-state index contributed by atoms with van der Waals surface area (Å²) in [6.07, 6.45) is 1.20. The van der Waals surface area contributed by atoms with Crippen molar-refractivity contribution in [3.8, 4) is 0 Å². The first-order valence-electron chi connectivity index (χ1n) is 8.32. The van der Waals surface area contributed by atoms with Gasteiger partial charge in [0.15, 0.2) is 0 Å². The Kier molecular flexibility index (Phi) is 7.58. The Balaban J connectivity index is 0.00000338. The van der Waals surface area contributed by atoms with E-state index in [0.29, 0.717) is 29.3 Å². The first-order valence-corrected chi connectivity index (χ1v) is 9.80. The predicted octanol–water partition coefficient (Wildman–Crippen LogP) is 3.02. The highest BCUT2D eigenvalue weighted by atomic mass is 35.5. The highest BCUT2D eigenvalue weighted by molar-refractivity contribution is 7.89. The Morgan fingerprint density at radius 3 is 2.15 bits per heavy atom. The SMILES string of the molecule is CCC(CC)(CN)NS(=O)(=O)c1ccc(NC(C)=O)c2ccccc12.Cl. The number of hydrogen-bond acceptors (Lipinski definition) is 4. The Morgan fingerprint density at radius 1 is 1.08 bits per heavy atom. The number of sulfonamides is 1. The Bertz CT molecular complexity index is 872. The molecule has 144 valence electrons. The molecule has 1 amide bonds. The van der Waals surface area contributed by atoms with Gasteiger partial charge in [0, 0.05) is 35.5 Å². The third kappa shape index (κ3) is 4.54. The molecule has 0 bridgehead atoms. The van der Waals surface area contributed by atoms with Crippen LogP contribution in [0.5, 0.6) is 0 Å². The van der Waals surface area contributed by atoms with Crippen molar-refractivity contribution in [2.75, 3.05) is 11.9 Å². The molecule has 0 saturated carbocycles. The minimum Gasteiger partial charge on any atom is -0.329 e. The van der Waals surface area contributed by atoms with Crippen LogP contribution >= 0.6 is 12.4 Å². The summed E-state index contributed by atoms with van der Waals surface area (Å²) in [5, 5.41) is 3.96. The summed E-state index contributed by atoms with van der Waals surface area (Å²) < 4.78 is 28.8. The molecular formula is C18H26ClN3O3S. The van der Waals surface area contributed by atoms with Gasteiger partial charge in [-0.2, -0.15) is 0 Å². The molecule has 0 atom stereocenters. The van der Waals surface area contributed by atoms with Gasteiger partial charge in [0.25, 0.3) is 0 Å². The number of halogens is 1. The molecular weight excluding hydrogens is 374 g/mol. The molecule has 8 heteroatoms. The number of rotatable bonds is 7. The highest BCUT2D eigenvalue weighted by Gasteiger charge is 2.31. The average Bonchev–Trinajstić information content (AvgIpc) is 2.59. The largest absolute Gasteiger partial charge is 0.329 e. The molecule has 26 heavy (non-hydrogen) atoms. The average molecular weight is 400 g/mol. The van der Waals surface area contributed by atoms with E-state index in [1.54, 1.807) is 30.3 Å². The quantitative estimate of drug-likeness (QED) is 0.666. The van der Waals surface area contributed by atoms with Crippen LogP contribution in [0.25, 0.3) is 10.8 Å². The number of fused-ring (bicyclic) bond motifs is 1. The van der Waals surface area contributed by atoms with Gasteiger partial charge >= 0.3 is 0 Å². The monoisotopic (exact) mass is 399 g/mol. The van der Waals surface area contributed by atoms with Gasteiger partial charge in [0.2, 0.25) is 15.9 Å². The van der Waals surface area contributed by atoms with E-state index in [2.05, 4.69) is 10.0 Å². The molecule has 0 aliphatic carbocycles. The maximum absolute atomic E-state index is 13.0. The number of carbonyl (C=O) groups is 1. The van der Waals surface area contributed by atoms with E-state index in [0.717, 1.165) is 0 Å². The third-order valence-corrected chi connectivity index (χ3v) is 6.22. The lowest BCUT2D eigenvalue weighted by atomic mass is 9.95. The minimum absolute atomic E-state index is 0. The lowest BCUT2D eigenvalue weighted by Gasteiger charge is -2.31. The third-order valence-electron chi connectivity index (χ3n) is 4.58. The molecule has 2 aromatic rings. The minimum atomic E-state index is -3.77. The second kappa shape index (κ2) is 8.81. The van der Waals surface area contributed by atoms with Gasteiger partial charge in [-0.3, -0.25) is 4.79 Å². The molecule has 0 aliphatic rings. The number of nitrogens with one attached hydrogen (secondary N) is 2. The summed E-state index contributed by atoms with van der Waals surface area (Å²) in [7, 11) is -3.77. The van der Waals surface area contributed by atoms with Crippen LogP contribution in [-0.2, 0) is 14.8 Å². The fourth-order valence-electron chi connectivity index (χ4n) is 2.87. The first-order chi connectivity index (χ1) is 11.8. The van der Waals surface area contributed by atoms with Crippen molar-refractivity contribution in [2.45, 2.75) is 44.0 Å². The molecule has 0 unspecified atom stereocenters. The number of amides is 1. The van der Waals surface area contributed by atoms with E-state index >= 15 is 0 Å². The summed E-state index contributed by atoms with van der Waals surface area (Å²) in [5.41, 5.74) is 5.74. The molecule has 6 nitrogen and oxygen atoms in total. The molecule has 2 rings (SSSR count). The van der Waals surface area contributed by atoms with E-state index in [4.69, 9.17) is 5.73 Å². The number of hydrogen-bond donors (Lipinski definition) is 3. The van der Waals surface area contributed by atoms with Crippen LogP contribution in [0.4, 0.5) is 5.69 Å². The summed E-state index contributed by atoms with van der Waals surface area (Å²) >= 11 is 0. The maximum Gasteiger partial charge on any atom is 0.241 e. The second-order valence-corrected chi connectivity index (χ2v) is 7.79. The second-order valence-electron chi connectivity index (χ2n) is 6.14. The van der Waals surface area contributed by atoms with Crippen molar-refractivity contribution >= 4 is 44.8 Å². The summed E-state index contributed by atoms with van der Waals surface area (Å²) in [4.78, 5) is 11.6. The van der Waals surface area contributed by atoms with E-state index in [1.807, 2.05) is 13.8 Å². The van der Waals surface area contributed by atoms with E-state index < -0.39 is 15.6 Å². The number of carbonyl (C=O) groups excluding carboxylic acids is 1. The number of nitrogens with two attached hydrogens (primary N) is 1. The zero-order chi connectivity index (χ0) is 18.7. The first kappa shape index (κ1) is 22.4. The highest BCUT2D eigenvalue weighted by Crippen LogP contribution is 2.30. The van der Waals surface area contributed by atoms with E-state index in [1.165, 1.54) is 13.0 Å². The standard InChI is InChI=1S/C18H25N3O3S.ClH/c1-4-18(5-2,12-19)21-25(23,24)17-11-10-16(20-13(3)22)14-8-6-7-9-15(14)17;/h6-11,21H,4-5,12,19H2,1-3H3,(H,20,22);1H. The summed E-state index contributed by atoms with van der Waals surface area (Å²) in [5.74, 6) is -0.210. The van der Waals surface area contributed by atoms with Crippen molar-refractivity contribution in [1.82, 2.24) is 4.72 Å². The number of benzene rings is 2. The smallest absolute Gasteiger partial charge is 0.241 e. The van der Waals surface area contributed by atoms with Crippen LogP contribution in [0.15, 0.2) is 41.3 Å². The van der Waals surface area contributed by atoms with Crippen molar-refractivity contribution in [3.63, 3.8) is 0 Å². The maximum atomic E-state index is 13.0. The van der Waals surface area contributed by atoms with Crippen LogP contribution in [-0.4, -0.2) is 26.4 Å². The Hall–Kier alpha value is -1.67. The molecule has 0 aromatic heterocycles. The fourth-order valence-corrected chi connectivity index (χ4v) is 4.64. The molecule has 0 fully saturated rings.